The van der Waals surface area contributed by atoms with Gasteiger partial charge in [0, 0.05) is 0 Å². The van der Waals surface area contributed by atoms with Gasteiger partial charge in [-0.2, -0.15) is 4.98 Å². The van der Waals surface area contributed by atoms with Gasteiger partial charge in [0.1, 0.15) is 0 Å². The van der Waals surface area contributed by atoms with Crippen LogP contribution in [-0.2, 0) is 5.54 Å². The largest absolute Gasteiger partial charge is 0.445 e. The van der Waals surface area contributed by atoms with Gasteiger partial charge in [-0.25, -0.2) is 0 Å². The van der Waals surface area contributed by atoms with Crippen molar-refractivity contribution < 1.29 is 8.94 Å². The van der Waals surface area contributed by atoms with Crippen molar-refractivity contribution in [3.8, 4) is 11.7 Å². The van der Waals surface area contributed by atoms with Crippen molar-refractivity contribution in [3.05, 3.63) is 18.0 Å². The number of nitrogens with two attached hydrogens (primary N) is 1. The molecule has 0 radical (unpaired) electrons. The van der Waals surface area contributed by atoms with Crippen molar-refractivity contribution >= 4 is 11.8 Å². The van der Waals surface area contributed by atoms with E-state index in [2.05, 4.69) is 10.1 Å². The summed E-state index contributed by atoms with van der Waals surface area (Å²) in [5.74, 6) is 1.58. The SMILES string of the molecule is CSc1ccc(-c2nc(C3(N)CCC3)no2)o1. The number of nitrogens with zero attached hydrogens (tertiary/aromatic N) is 2. The molecule has 6 heteroatoms. The van der Waals surface area contributed by atoms with Crippen LogP contribution in [0, 0.1) is 0 Å². The van der Waals surface area contributed by atoms with Gasteiger partial charge in [-0.1, -0.05) is 16.9 Å². The summed E-state index contributed by atoms with van der Waals surface area (Å²) in [7, 11) is 0. The van der Waals surface area contributed by atoms with Gasteiger partial charge < -0.3 is 14.7 Å². The predicted molar refractivity (Wildman–Crippen MR) is 63.5 cm³/mol. The van der Waals surface area contributed by atoms with E-state index in [0.717, 1.165) is 24.4 Å². The van der Waals surface area contributed by atoms with Gasteiger partial charge in [-0.05, 0) is 37.7 Å². The molecule has 1 saturated carbocycles. The molecule has 2 aromatic rings. The number of hydrogen-bond donors (Lipinski definition) is 1. The molecular weight excluding hydrogens is 238 g/mol. The minimum Gasteiger partial charge on any atom is -0.445 e. The molecule has 90 valence electrons. The van der Waals surface area contributed by atoms with Gasteiger partial charge in [-0.15, -0.1) is 0 Å². The molecule has 0 aliphatic heterocycles. The molecule has 1 aliphatic carbocycles. The van der Waals surface area contributed by atoms with Crippen LogP contribution in [0.3, 0.4) is 0 Å². The van der Waals surface area contributed by atoms with Gasteiger partial charge in [-0.3, -0.25) is 0 Å². The van der Waals surface area contributed by atoms with Crippen LogP contribution >= 0.6 is 11.8 Å². The van der Waals surface area contributed by atoms with Crippen molar-refractivity contribution in [1.82, 2.24) is 10.1 Å². The smallest absolute Gasteiger partial charge is 0.293 e. The normalized spacial score (nSPS) is 18.0. The minimum atomic E-state index is -0.392. The van der Waals surface area contributed by atoms with Crippen LogP contribution in [0.1, 0.15) is 25.1 Å². The third-order valence-corrected chi connectivity index (χ3v) is 3.73. The van der Waals surface area contributed by atoms with Crippen molar-refractivity contribution in [2.75, 3.05) is 6.26 Å². The zero-order chi connectivity index (χ0) is 11.9. The summed E-state index contributed by atoms with van der Waals surface area (Å²) in [6.45, 7) is 0. The molecule has 5 nitrogen and oxygen atoms in total. The van der Waals surface area contributed by atoms with Crippen LogP contribution in [0.15, 0.2) is 26.2 Å². The Hall–Kier alpha value is -1.27. The van der Waals surface area contributed by atoms with E-state index in [1.807, 2.05) is 18.4 Å². The first-order valence-corrected chi connectivity index (χ1v) is 6.71. The molecule has 1 fully saturated rings. The fourth-order valence-electron chi connectivity index (χ4n) is 1.85. The lowest BCUT2D eigenvalue weighted by Gasteiger charge is -2.34. The quantitative estimate of drug-likeness (QED) is 0.844. The molecule has 0 spiro atoms. The highest BCUT2D eigenvalue weighted by Gasteiger charge is 2.39. The Morgan fingerprint density at radius 2 is 2.24 bits per heavy atom. The van der Waals surface area contributed by atoms with Crippen molar-refractivity contribution in [2.45, 2.75) is 29.9 Å². The van der Waals surface area contributed by atoms with Gasteiger partial charge in [0.05, 0.1) is 5.54 Å². The van der Waals surface area contributed by atoms with Crippen LogP contribution in [0.25, 0.3) is 11.7 Å². The monoisotopic (exact) mass is 251 g/mol. The standard InChI is InChI=1S/C11H13N3O2S/c1-17-8-4-3-7(15-8)9-13-10(14-16-9)11(12)5-2-6-11/h3-4H,2,5-6,12H2,1H3. The molecular formula is C11H13N3O2S. The van der Waals surface area contributed by atoms with Gasteiger partial charge in [0.25, 0.3) is 5.89 Å². The van der Waals surface area contributed by atoms with E-state index in [0.29, 0.717) is 17.5 Å². The number of thioether (sulfide) groups is 1. The van der Waals surface area contributed by atoms with E-state index in [4.69, 9.17) is 14.7 Å². The van der Waals surface area contributed by atoms with Gasteiger partial charge >= 0.3 is 0 Å². The Bertz CT molecular complexity index is 530. The highest BCUT2D eigenvalue weighted by atomic mass is 32.2. The minimum absolute atomic E-state index is 0.392. The summed E-state index contributed by atoms with van der Waals surface area (Å²) in [4.78, 5) is 4.32. The van der Waals surface area contributed by atoms with E-state index in [1.165, 1.54) is 11.8 Å². The fourth-order valence-corrected chi connectivity index (χ4v) is 2.23. The first-order valence-electron chi connectivity index (χ1n) is 5.48. The second-order valence-corrected chi connectivity index (χ2v) is 5.07. The summed E-state index contributed by atoms with van der Waals surface area (Å²) in [6.07, 6.45) is 4.91. The number of hydrogen-bond acceptors (Lipinski definition) is 6. The van der Waals surface area contributed by atoms with E-state index in [-0.39, 0.29) is 0 Å². The zero-order valence-electron chi connectivity index (χ0n) is 9.47. The Labute approximate surface area is 103 Å². The topological polar surface area (TPSA) is 78.1 Å². The lowest BCUT2D eigenvalue weighted by Crippen LogP contribution is -2.44. The first kappa shape index (κ1) is 10.9. The lowest BCUT2D eigenvalue weighted by molar-refractivity contribution is 0.229. The van der Waals surface area contributed by atoms with Crippen LogP contribution in [0.4, 0.5) is 0 Å². The summed E-state index contributed by atoms with van der Waals surface area (Å²) in [5.41, 5.74) is 5.74. The maximum absolute atomic E-state index is 6.13. The summed E-state index contributed by atoms with van der Waals surface area (Å²) in [6, 6.07) is 3.71. The van der Waals surface area contributed by atoms with Gasteiger partial charge in [0.2, 0.25) is 0 Å². The third-order valence-electron chi connectivity index (χ3n) is 3.11. The Balaban J connectivity index is 1.89. The summed E-state index contributed by atoms with van der Waals surface area (Å²) >= 11 is 1.53. The molecule has 0 unspecified atom stereocenters. The van der Waals surface area contributed by atoms with Crippen molar-refractivity contribution in [2.24, 2.45) is 5.73 Å². The molecule has 2 N–H and O–H groups in total. The van der Waals surface area contributed by atoms with Crippen molar-refractivity contribution in [1.29, 1.82) is 0 Å². The number of aromatic nitrogens is 2. The van der Waals surface area contributed by atoms with Crippen LogP contribution in [-0.4, -0.2) is 16.4 Å². The zero-order valence-corrected chi connectivity index (χ0v) is 10.3. The third kappa shape index (κ3) is 1.77. The van der Waals surface area contributed by atoms with Gasteiger partial charge in [0.15, 0.2) is 16.7 Å². The van der Waals surface area contributed by atoms with Crippen molar-refractivity contribution in [3.63, 3.8) is 0 Å². The molecule has 0 amide bonds. The number of rotatable bonds is 3. The summed E-state index contributed by atoms with van der Waals surface area (Å²) in [5, 5.41) is 4.77. The Morgan fingerprint density at radius 1 is 1.41 bits per heavy atom. The predicted octanol–water partition coefficient (Wildman–Crippen LogP) is 2.39. The molecule has 0 atom stereocenters. The van der Waals surface area contributed by atoms with E-state index in [1.54, 1.807) is 0 Å². The molecule has 17 heavy (non-hydrogen) atoms. The molecule has 0 bridgehead atoms. The van der Waals surface area contributed by atoms with E-state index in [9.17, 15) is 0 Å². The fraction of sp³-hybridized carbons (Fsp3) is 0.455. The highest BCUT2D eigenvalue weighted by molar-refractivity contribution is 7.98. The molecule has 1 aliphatic rings. The summed E-state index contributed by atoms with van der Waals surface area (Å²) < 4.78 is 10.7. The first-order chi connectivity index (χ1) is 8.21. The lowest BCUT2D eigenvalue weighted by atomic mass is 9.77. The van der Waals surface area contributed by atoms with Crippen LogP contribution < -0.4 is 5.73 Å². The molecule has 3 rings (SSSR count). The highest BCUT2D eigenvalue weighted by Crippen LogP contribution is 2.37. The second kappa shape index (κ2) is 3.89. The Kier molecular flexibility index (Phi) is 2.48. The van der Waals surface area contributed by atoms with Crippen LogP contribution in [0.2, 0.25) is 0 Å². The maximum atomic E-state index is 6.13. The Morgan fingerprint density at radius 3 is 2.82 bits per heavy atom. The molecule has 2 heterocycles. The van der Waals surface area contributed by atoms with Crippen LogP contribution in [0.5, 0.6) is 0 Å². The molecule has 0 aromatic carbocycles. The average Bonchev–Trinajstić information content (AvgIpc) is 2.94. The van der Waals surface area contributed by atoms with E-state index < -0.39 is 5.54 Å². The second-order valence-electron chi connectivity index (χ2n) is 4.26. The average molecular weight is 251 g/mol. The molecule has 0 saturated heterocycles. The van der Waals surface area contributed by atoms with E-state index >= 15 is 0 Å². The maximum Gasteiger partial charge on any atom is 0.293 e. The number of furan rings is 1. The molecule has 2 aromatic heterocycles.